The van der Waals surface area contributed by atoms with Crippen LogP contribution in [-0.2, 0) is 0 Å². The fourth-order valence-electron chi connectivity index (χ4n) is 1.48. The average Bonchev–Trinajstić information content (AvgIpc) is 2.39. The van der Waals surface area contributed by atoms with E-state index in [4.69, 9.17) is 16.3 Å². The van der Waals surface area contributed by atoms with E-state index in [0.717, 1.165) is 6.20 Å². The molecule has 0 amide bonds. The van der Waals surface area contributed by atoms with Crippen molar-refractivity contribution in [3.05, 3.63) is 35.6 Å². The van der Waals surface area contributed by atoms with Gasteiger partial charge in [0.1, 0.15) is 5.75 Å². The van der Waals surface area contributed by atoms with Gasteiger partial charge < -0.3 is 9.47 Å². The van der Waals surface area contributed by atoms with Gasteiger partial charge in [-0.25, -0.2) is 9.97 Å². The molecule has 100 valence electrons. The van der Waals surface area contributed by atoms with E-state index in [1.807, 2.05) is 0 Å². The number of rotatable bonds is 4. The highest BCUT2D eigenvalue weighted by Gasteiger charge is 2.10. The van der Waals surface area contributed by atoms with Crippen molar-refractivity contribution in [1.82, 2.24) is 9.97 Å². The highest BCUT2D eigenvalue weighted by molar-refractivity contribution is 6.30. The van der Waals surface area contributed by atoms with Gasteiger partial charge in [-0.15, -0.1) is 0 Å². The third-order valence-electron chi connectivity index (χ3n) is 2.28. The lowest BCUT2D eigenvalue weighted by Gasteiger charge is -2.08. The summed E-state index contributed by atoms with van der Waals surface area (Å²) >= 11 is 5.85. The summed E-state index contributed by atoms with van der Waals surface area (Å²) in [6, 6.07) is 5.01. The third-order valence-corrected chi connectivity index (χ3v) is 2.51. The molecule has 0 unspecified atom stereocenters. The van der Waals surface area contributed by atoms with Gasteiger partial charge in [0.05, 0.1) is 25.2 Å². The average molecular weight is 287 g/mol. The van der Waals surface area contributed by atoms with Crippen LogP contribution in [-0.4, -0.2) is 23.7 Å². The molecule has 19 heavy (non-hydrogen) atoms. The molecule has 7 heteroatoms. The zero-order valence-electron chi connectivity index (χ0n) is 9.81. The molecule has 0 aliphatic rings. The fraction of sp³-hybridized carbons (Fsp3) is 0.167. The molecule has 2 aromatic rings. The van der Waals surface area contributed by atoms with Crippen LogP contribution in [0.15, 0.2) is 30.6 Å². The number of alkyl halides is 2. The second kappa shape index (κ2) is 5.79. The van der Waals surface area contributed by atoms with Crippen molar-refractivity contribution < 1.29 is 18.3 Å². The third kappa shape index (κ3) is 3.29. The molecule has 0 N–H and O–H groups in total. The van der Waals surface area contributed by atoms with Crippen LogP contribution in [0, 0.1) is 0 Å². The Balaban J connectivity index is 2.32. The van der Waals surface area contributed by atoms with Crippen molar-refractivity contribution in [2.24, 2.45) is 0 Å². The van der Waals surface area contributed by atoms with Gasteiger partial charge in [0.2, 0.25) is 5.88 Å². The van der Waals surface area contributed by atoms with Crippen LogP contribution in [0.4, 0.5) is 8.78 Å². The summed E-state index contributed by atoms with van der Waals surface area (Å²) in [5, 5.41) is 0.520. The Morgan fingerprint density at radius 2 is 2.00 bits per heavy atom. The molecule has 2 rings (SSSR count). The molecular formula is C12H9ClF2N2O2. The molecule has 0 atom stereocenters. The maximum atomic E-state index is 12.0. The molecular weight excluding hydrogens is 278 g/mol. The lowest BCUT2D eigenvalue weighted by Crippen LogP contribution is -2.04. The van der Waals surface area contributed by atoms with E-state index in [-0.39, 0.29) is 5.88 Å². The number of halogens is 3. The maximum absolute atomic E-state index is 12.0. The van der Waals surface area contributed by atoms with Crippen LogP contribution in [0.25, 0.3) is 11.3 Å². The van der Waals surface area contributed by atoms with E-state index in [0.29, 0.717) is 22.0 Å². The number of hydrogen-bond donors (Lipinski definition) is 0. The Morgan fingerprint density at radius 1 is 1.21 bits per heavy atom. The molecule has 1 heterocycles. The van der Waals surface area contributed by atoms with E-state index in [2.05, 4.69) is 14.7 Å². The highest BCUT2D eigenvalue weighted by atomic mass is 35.5. The molecule has 0 spiro atoms. The SMILES string of the molecule is COc1cc(Cl)ccc1-c1cnc(OC(F)F)cn1. The van der Waals surface area contributed by atoms with E-state index in [9.17, 15) is 8.78 Å². The number of aromatic nitrogens is 2. The molecule has 0 saturated carbocycles. The van der Waals surface area contributed by atoms with Crippen molar-refractivity contribution in [3.8, 4) is 22.9 Å². The standard InChI is InChI=1S/C12H9ClF2N2O2/c1-18-10-4-7(13)2-3-8(10)9-5-17-11(6-16-9)19-12(14)15/h2-6,12H,1H3. The molecule has 4 nitrogen and oxygen atoms in total. The lowest BCUT2D eigenvalue weighted by atomic mass is 10.1. The zero-order chi connectivity index (χ0) is 13.8. The van der Waals surface area contributed by atoms with Gasteiger partial charge in [-0.2, -0.15) is 8.78 Å². The first-order valence-electron chi connectivity index (χ1n) is 5.21. The van der Waals surface area contributed by atoms with Gasteiger partial charge in [-0.05, 0) is 18.2 Å². The van der Waals surface area contributed by atoms with Gasteiger partial charge in [0.15, 0.2) is 0 Å². The fourth-order valence-corrected chi connectivity index (χ4v) is 1.65. The number of ether oxygens (including phenoxy) is 2. The van der Waals surface area contributed by atoms with Crippen LogP contribution in [0.2, 0.25) is 5.02 Å². The van der Waals surface area contributed by atoms with Crippen molar-refractivity contribution in [1.29, 1.82) is 0 Å². The predicted octanol–water partition coefficient (Wildman–Crippen LogP) is 3.41. The first-order chi connectivity index (χ1) is 9.10. The molecule has 0 bridgehead atoms. The van der Waals surface area contributed by atoms with E-state index in [1.54, 1.807) is 18.2 Å². The topological polar surface area (TPSA) is 44.2 Å². The Morgan fingerprint density at radius 3 is 2.58 bits per heavy atom. The van der Waals surface area contributed by atoms with Gasteiger partial charge in [0, 0.05) is 10.6 Å². The van der Waals surface area contributed by atoms with Gasteiger partial charge in [-0.3, -0.25) is 0 Å². The Bertz CT molecular complexity index is 564. The van der Waals surface area contributed by atoms with Gasteiger partial charge in [-0.1, -0.05) is 11.6 Å². The summed E-state index contributed by atoms with van der Waals surface area (Å²) in [7, 11) is 1.50. The summed E-state index contributed by atoms with van der Waals surface area (Å²) in [6.45, 7) is -2.93. The van der Waals surface area contributed by atoms with Crippen LogP contribution < -0.4 is 9.47 Å². The molecule has 0 fully saturated rings. The normalized spacial score (nSPS) is 10.6. The molecule has 1 aromatic carbocycles. The van der Waals surface area contributed by atoms with Crippen molar-refractivity contribution in [2.45, 2.75) is 6.61 Å². The second-order valence-corrected chi connectivity index (χ2v) is 3.90. The van der Waals surface area contributed by atoms with E-state index >= 15 is 0 Å². The molecule has 0 aliphatic carbocycles. The van der Waals surface area contributed by atoms with E-state index in [1.165, 1.54) is 13.3 Å². The maximum Gasteiger partial charge on any atom is 0.388 e. The van der Waals surface area contributed by atoms with Crippen molar-refractivity contribution in [3.63, 3.8) is 0 Å². The molecule has 1 aromatic heterocycles. The minimum absolute atomic E-state index is 0.244. The Labute approximate surface area is 113 Å². The minimum atomic E-state index is -2.93. The second-order valence-electron chi connectivity index (χ2n) is 3.46. The van der Waals surface area contributed by atoms with E-state index < -0.39 is 6.61 Å². The molecule has 0 saturated heterocycles. The number of hydrogen-bond acceptors (Lipinski definition) is 4. The quantitative estimate of drug-likeness (QED) is 0.864. The monoisotopic (exact) mass is 286 g/mol. The summed E-state index contributed by atoms with van der Waals surface area (Å²) < 4.78 is 33.3. The first kappa shape index (κ1) is 13.5. The van der Waals surface area contributed by atoms with Crippen molar-refractivity contribution >= 4 is 11.6 Å². The van der Waals surface area contributed by atoms with Crippen LogP contribution in [0.1, 0.15) is 0 Å². The Hall–Kier alpha value is -1.95. The highest BCUT2D eigenvalue weighted by Crippen LogP contribution is 2.31. The molecule has 0 aliphatic heterocycles. The first-order valence-corrected chi connectivity index (χ1v) is 5.58. The number of nitrogens with zero attached hydrogens (tertiary/aromatic N) is 2. The van der Waals surface area contributed by atoms with Crippen LogP contribution in [0.3, 0.4) is 0 Å². The van der Waals surface area contributed by atoms with Crippen molar-refractivity contribution in [2.75, 3.05) is 7.11 Å². The summed E-state index contributed by atoms with van der Waals surface area (Å²) in [5.74, 6) is 0.274. The van der Waals surface area contributed by atoms with Gasteiger partial charge in [0.25, 0.3) is 0 Å². The zero-order valence-corrected chi connectivity index (χ0v) is 10.6. The molecule has 0 radical (unpaired) electrons. The Kier molecular flexibility index (Phi) is 4.11. The lowest BCUT2D eigenvalue weighted by molar-refractivity contribution is -0.0530. The summed E-state index contributed by atoms with van der Waals surface area (Å²) in [6.07, 6.45) is 2.44. The minimum Gasteiger partial charge on any atom is -0.496 e. The van der Waals surface area contributed by atoms with Gasteiger partial charge >= 0.3 is 6.61 Å². The number of methoxy groups -OCH3 is 1. The summed E-state index contributed by atoms with van der Waals surface area (Å²) in [4.78, 5) is 7.74. The number of benzene rings is 1. The largest absolute Gasteiger partial charge is 0.496 e. The summed E-state index contributed by atoms with van der Waals surface area (Å²) in [5.41, 5.74) is 1.12. The predicted molar refractivity (Wildman–Crippen MR) is 65.7 cm³/mol. The van der Waals surface area contributed by atoms with Crippen LogP contribution in [0.5, 0.6) is 11.6 Å². The smallest absolute Gasteiger partial charge is 0.388 e. The van der Waals surface area contributed by atoms with Crippen LogP contribution >= 0.6 is 11.6 Å².